The smallest absolute Gasteiger partial charge is 0.256 e. The van der Waals surface area contributed by atoms with Crippen LogP contribution >= 0.6 is 11.5 Å². The Labute approximate surface area is 154 Å². The predicted octanol–water partition coefficient (Wildman–Crippen LogP) is 3.75. The lowest BCUT2D eigenvalue weighted by Crippen LogP contribution is -2.23. The molecule has 2 N–H and O–H groups in total. The zero-order chi connectivity index (χ0) is 18.5. The second kappa shape index (κ2) is 7.92. The van der Waals surface area contributed by atoms with Gasteiger partial charge in [0.15, 0.2) is 0 Å². The first-order chi connectivity index (χ1) is 12.6. The number of carbonyl (C=O) groups is 1. The van der Waals surface area contributed by atoms with Gasteiger partial charge in [-0.15, -0.1) is 0 Å². The summed E-state index contributed by atoms with van der Waals surface area (Å²) in [5.41, 5.74) is 2.06. The van der Waals surface area contributed by atoms with E-state index < -0.39 is 0 Å². The number of halogens is 1. The van der Waals surface area contributed by atoms with Crippen molar-refractivity contribution in [2.45, 2.75) is 13.5 Å². The highest BCUT2D eigenvalue weighted by atomic mass is 32.1. The molecule has 134 valence electrons. The van der Waals surface area contributed by atoms with Gasteiger partial charge in [0.05, 0.1) is 11.3 Å². The minimum absolute atomic E-state index is 0.194. The number of hydrogen-bond donors (Lipinski definition) is 2. The lowest BCUT2D eigenvalue weighted by molar-refractivity contribution is 0.0951. The fourth-order valence-electron chi connectivity index (χ4n) is 2.31. The van der Waals surface area contributed by atoms with Crippen molar-refractivity contribution < 1.29 is 13.9 Å². The number of anilines is 1. The van der Waals surface area contributed by atoms with Crippen molar-refractivity contribution in [2.24, 2.45) is 0 Å². The van der Waals surface area contributed by atoms with Crippen LogP contribution in [-0.2, 0) is 6.54 Å². The van der Waals surface area contributed by atoms with Crippen LogP contribution in [0, 0.1) is 12.7 Å². The minimum atomic E-state index is -0.374. The molecular weight excluding hydrogens is 355 g/mol. The molecule has 0 atom stereocenters. The van der Waals surface area contributed by atoms with E-state index in [-0.39, 0.29) is 11.7 Å². The molecule has 2 aromatic heterocycles. The largest absolute Gasteiger partial charge is 0.439 e. The Kier molecular flexibility index (Phi) is 5.43. The third kappa shape index (κ3) is 4.15. The Morgan fingerprint density at radius 3 is 2.85 bits per heavy atom. The van der Waals surface area contributed by atoms with E-state index in [1.165, 1.54) is 23.7 Å². The quantitative estimate of drug-likeness (QED) is 0.689. The third-order valence-electron chi connectivity index (χ3n) is 3.59. The van der Waals surface area contributed by atoms with Crippen molar-refractivity contribution in [1.82, 2.24) is 14.7 Å². The molecule has 26 heavy (non-hydrogen) atoms. The SMILES string of the molecule is CNc1snc(C)c1C(=O)NCc1ccc(Oc2cccc(F)c2)nc1. The molecule has 3 rings (SSSR count). The van der Waals surface area contributed by atoms with Crippen LogP contribution in [-0.4, -0.2) is 22.3 Å². The molecule has 0 fully saturated rings. The number of aryl methyl sites for hydroxylation is 1. The summed E-state index contributed by atoms with van der Waals surface area (Å²) in [6, 6.07) is 9.30. The van der Waals surface area contributed by atoms with Crippen LogP contribution in [0.25, 0.3) is 0 Å². The van der Waals surface area contributed by atoms with Gasteiger partial charge >= 0.3 is 0 Å². The highest BCUT2D eigenvalue weighted by Crippen LogP contribution is 2.24. The van der Waals surface area contributed by atoms with E-state index in [4.69, 9.17) is 4.74 Å². The first-order valence-electron chi connectivity index (χ1n) is 7.87. The van der Waals surface area contributed by atoms with Gasteiger partial charge in [0.1, 0.15) is 16.6 Å². The van der Waals surface area contributed by atoms with Crippen LogP contribution in [0.5, 0.6) is 11.6 Å². The van der Waals surface area contributed by atoms with Crippen molar-refractivity contribution in [1.29, 1.82) is 0 Å². The van der Waals surface area contributed by atoms with Gasteiger partial charge in [-0.05, 0) is 36.2 Å². The van der Waals surface area contributed by atoms with Gasteiger partial charge in [-0.1, -0.05) is 12.1 Å². The Morgan fingerprint density at radius 1 is 1.31 bits per heavy atom. The van der Waals surface area contributed by atoms with E-state index in [2.05, 4.69) is 20.0 Å². The number of carbonyl (C=O) groups excluding carboxylic acids is 1. The zero-order valence-corrected chi connectivity index (χ0v) is 15.1. The number of amides is 1. The molecule has 0 unspecified atom stereocenters. The highest BCUT2D eigenvalue weighted by Gasteiger charge is 2.17. The zero-order valence-electron chi connectivity index (χ0n) is 14.2. The van der Waals surface area contributed by atoms with E-state index in [1.54, 1.807) is 44.4 Å². The molecular formula is C18H17FN4O2S. The van der Waals surface area contributed by atoms with E-state index >= 15 is 0 Å². The van der Waals surface area contributed by atoms with Crippen LogP contribution in [0.1, 0.15) is 21.6 Å². The number of rotatable bonds is 6. The molecule has 1 aromatic carbocycles. The van der Waals surface area contributed by atoms with Gasteiger partial charge in [-0.2, -0.15) is 4.37 Å². The minimum Gasteiger partial charge on any atom is -0.439 e. The van der Waals surface area contributed by atoms with Crippen molar-refractivity contribution >= 4 is 22.4 Å². The molecule has 0 bridgehead atoms. The molecule has 1 amide bonds. The number of aromatic nitrogens is 2. The molecule has 2 heterocycles. The standard InChI is InChI=1S/C18H17FN4O2S/c1-11-16(18(20-2)26-23-11)17(24)22-10-12-6-7-15(21-9-12)25-14-5-3-4-13(19)8-14/h3-9,20H,10H2,1-2H3,(H,22,24). The third-order valence-corrected chi connectivity index (χ3v) is 4.54. The molecule has 0 aliphatic rings. The Balaban J connectivity index is 1.61. The van der Waals surface area contributed by atoms with Crippen molar-refractivity contribution in [3.63, 3.8) is 0 Å². The number of nitrogens with zero attached hydrogens (tertiary/aromatic N) is 2. The average Bonchev–Trinajstić information content (AvgIpc) is 3.02. The number of ether oxygens (including phenoxy) is 1. The van der Waals surface area contributed by atoms with Crippen molar-refractivity contribution in [3.8, 4) is 11.6 Å². The lowest BCUT2D eigenvalue weighted by atomic mass is 10.2. The fourth-order valence-corrected chi connectivity index (χ4v) is 3.05. The van der Waals surface area contributed by atoms with E-state index in [1.807, 2.05) is 0 Å². The first-order valence-corrected chi connectivity index (χ1v) is 8.64. The maximum atomic E-state index is 13.2. The molecule has 0 saturated heterocycles. The second-order valence-electron chi connectivity index (χ2n) is 5.47. The summed E-state index contributed by atoms with van der Waals surface area (Å²) >= 11 is 1.25. The molecule has 6 nitrogen and oxygen atoms in total. The monoisotopic (exact) mass is 372 g/mol. The van der Waals surface area contributed by atoms with Crippen LogP contribution in [0.2, 0.25) is 0 Å². The summed E-state index contributed by atoms with van der Waals surface area (Å²) in [5.74, 6) is 0.154. The first kappa shape index (κ1) is 17.8. The molecule has 8 heteroatoms. The predicted molar refractivity (Wildman–Crippen MR) is 98.3 cm³/mol. The molecule has 0 spiro atoms. The molecule has 3 aromatic rings. The summed E-state index contributed by atoms with van der Waals surface area (Å²) in [6.07, 6.45) is 1.60. The molecule has 0 radical (unpaired) electrons. The van der Waals surface area contributed by atoms with E-state index in [0.29, 0.717) is 29.4 Å². The van der Waals surface area contributed by atoms with Gasteiger partial charge < -0.3 is 15.4 Å². The van der Waals surface area contributed by atoms with E-state index in [9.17, 15) is 9.18 Å². The lowest BCUT2D eigenvalue weighted by Gasteiger charge is -2.08. The van der Waals surface area contributed by atoms with Crippen LogP contribution in [0.3, 0.4) is 0 Å². The Morgan fingerprint density at radius 2 is 2.15 bits per heavy atom. The average molecular weight is 372 g/mol. The van der Waals surface area contributed by atoms with E-state index in [0.717, 1.165) is 10.6 Å². The van der Waals surface area contributed by atoms with Crippen LogP contribution < -0.4 is 15.4 Å². The molecule has 0 aliphatic heterocycles. The number of benzene rings is 1. The summed E-state index contributed by atoms with van der Waals surface area (Å²) in [6.45, 7) is 2.12. The molecule has 0 aliphatic carbocycles. The van der Waals surface area contributed by atoms with Crippen LogP contribution in [0.15, 0.2) is 42.6 Å². The number of pyridine rings is 1. The summed E-state index contributed by atoms with van der Waals surface area (Å²) in [5, 5.41) is 6.55. The normalized spacial score (nSPS) is 10.4. The van der Waals surface area contributed by atoms with Gasteiger partial charge in [0, 0.05) is 31.9 Å². The highest BCUT2D eigenvalue weighted by molar-refractivity contribution is 7.10. The van der Waals surface area contributed by atoms with Gasteiger partial charge in [-0.25, -0.2) is 9.37 Å². The summed E-state index contributed by atoms with van der Waals surface area (Å²) in [7, 11) is 1.75. The van der Waals surface area contributed by atoms with Crippen molar-refractivity contribution in [2.75, 3.05) is 12.4 Å². The summed E-state index contributed by atoms with van der Waals surface area (Å²) < 4.78 is 22.8. The Bertz CT molecular complexity index is 912. The maximum absolute atomic E-state index is 13.2. The van der Waals surface area contributed by atoms with Gasteiger partial charge in [0.25, 0.3) is 5.91 Å². The van der Waals surface area contributed by atoms with Gasteiger partial charge in [0.2, 0.25) is 5.88 Å². The molecule has 0 saturated carbocycles. The summed E-state index contributed by atoms with van der Waals surface area (Å²) in [4.78, 5) is 16.5. The number of nitrogens with one attached hydrogen (secondary N) is 2. The van der Waals surface area contributed by atoms with Crippen molar-refractivity contribution in [3.05, 3.63) is 65.2 Å². The Hall–Kier alpha value is -3.00. The topological polar surface area (TPSA) is 76.1 Å². The van der Waals surface area contributed by atoms with Gasteiger partial charge in [-0.3, -0.25) is 4.79 Å². The second-order valence-corrected chi connectivity index (χ2v) is 6.24. The fraction of sp³-hybridized carbons (Fsp3) is 0.167. The van der Waals surface area contributed by atoms with Crippen LogP contribution in [0.4, 0.5) is 9.39 Å². The maximum Gasteiger partial charge on any atom is 0.256 e. The number of hydrogen-bond acceptors (Lipinski definition) is 6.